The number of methoxy groups -OCH3 is 1. The molecule has 0 heterocycles. The van der Waals surface area contributed by atoms with E-state index in [0.29, 0.717) is 0 Å². The molecule has 0 aliphatic rings. The summed E-state index contributed by atoms with van der Waals surface area (Å²) in [5.41, 5.74) is -0.196. The summed E-state index contributed by atoms with van der Waals surface area (Å²) in [5, 5.41) is 19.8. The summed E-state index contributed by atoms with van der Waals surface area (Å²) in [4.78, 5) is 10.1. The fraction of sp³-hybridized carbons (Fsp3) is 0.500. The van der Waals surface area contributed by atoms with Crippen LogP contribution in [0.5, 0.6) is 0 Å². The number of nitro groups is 1. The molecule has 0 aliphatic heterocycles. The third kappa shape index (κ3) is 4.46. The monoisotopic (exact) mass is 318 g/mol. The standard InChI is InChI=1S/C12H18N2O6S/c1-9-11(14(16)17)4-3-5-12(9)21(18,19)13-10(6-7-15)8-20-2/h3-5,10,13,15H,6-8H2,1-2H3. The third-order valence-corrected chi connectivity index (χ3v) is 4.57. The van der Waals surface area contributed by atoms with Gasteiger partial charge >= 0.3 is 0 Å². The van der Waals surface area contributed by atoms with E-state index in [1.165, 1.54) is 32.2 Å². The quantitative estimate of drug-likeness (QED) is 0.534. The van der Waals surface area contributed by atoms with E-state index in [1.54, 1.807) is 0 Å². The Morgan fingerprint density at radius 3 is 2.67 bits per heavy atom. The minimum atomic E-state index is -3.94. The summed E-state index contributed by atoms with van der Waals surface area (Å²) in [6.07, 6.45) is 0.182. The molecule has 0 amide bonds. The van der Waals surface area contributed by atoms with Crippen molar-refractivity contribution in [3.8, 4) is 0 Å². The lowest BCUT2D eigenvalue weighted by molar-refractivity contribution is -0.385. The van der Waals surface area contributed by atoms with Crippen molar-refractivity contribution < 1.29 is 23.2 Å². The molecule has 1 aromatic carbocycles. The predicted molar refractivity (Wildman–Crippen MR) is 75.5 cm³/mol. The Morgan fingerprint density at radius 2 is 2.14 bits per heavy atom. The second-order valence-corrected chi connectivity index (χ2v) is 6.13. The van der Waals surface area contributed by atoms with Crippen molar-refractivity contribution in [2.24, 2.45) is 0 Å². The lowest BCUT2D eigenvalue weighted by Gasteiger charge is -2.17. The van der Waals surface area contributed by atoms with Gasteiger partial charge in [-0.05, 0) is 19.4 Å². The highest BCUT2D eigenvalue weighted by molar-refractivity contribution is 7.89. The molecule has 0 aromatic heterocycles. The number of ether oxygens (including phenoxy) is 1. The molecular formula is C12H18N2O6S. The summed E-state index contributed by atoms with van der Waals surface area (Å²) in [6.45, 7) is 1.27. The minimum Gasteiger partial charge on any atom is -0.396 e. The molecule has 118 valence electrons. The van der Waals surface area contributed by atoms with E-state index >= 15 is 0 Å². The van der Waals surface area contributed by atoms with Gasteiger partial charge in [0.15, 0.2) is 0 Å². The van der Waals surface area contributed by atoms with Gasteiger partial charge in [-0.2, -0.15) is 0 Å². The van der Waals surface area contributed by atoms with Crippen LogP contribution in [-0.2, 0) is 14.8 Å². The number of rotatable bonds is 8. The van der Waals surface area contributed by atoms with Crippen LogP contribution in [0.1, 0.15) is 12.0 Å². The van der Waals surface area contributed by atoms with Crippen molar-refractivity contribution in [1.29, 1.82) is 0 Å². The Hall–Kier alpha value is -1.55. The van der Waals surface area contributed by atoms with Crippen molar-refractivity contribution in [3.63, 3.8) is 0 Å². The van der Waals surface area contributed by atoms with Gasteiger partial charge in [-0.15, -0.1) is 0 Å². The van der Waals surface area contributed by atoms with E-state index in [1.807, 2.05) is 0 Å². The Labute approximate surface area is 122 Å². The maximum atomic E-state index is 12.3. The van der Waals surface area contributed by atoms with E-state index in [4.69, 9.17) is 9.84 Å². The molecule has 1 atom stereocenters. The van der Waals surface area contributed by atoms with Crippen LogP contribution < -0.4 is 4.72 Å². The molecule has 1 rings (SSSR count). The van der Waals surface area contributed by atoms with Crippen molar-refractivity contribution in [2.45, 2.75) is 24.3 Å². The van der Waals surface area contributed by atoms with Crippen LogP contribution in [0, 0.1) is 17.0 Å². The zero-order chi connectivity index (χ0) is 16.0. The topological polar surface area (TPSA) is 119 Å². The van der Waals surface area contributed by atoms with Crippen molar-refractivity contribution in [3.05, 3.63) is 33.9 Å². The molecule has 0 saturated heterocycles. The van der Waals surface area contributed by atoms with Crippen LogP contribution in [0.4, 0.5) is 5.69 Å². The zero-order valence-electron chi connectivity index (χ0n) is 11.8. The zero-order valence-corrected chi connectivity index (χ0v) is 12.6. The number of aliphatic hydroxyl groups excluding tert-OH is 1. The lowest BCUT2D eigenvalue weighted by atomic mass is 10.2. The largest absolute Gasteiger partial charge is 0.396 e. The fourth-order valence-electron chi connectivity index (χ4n) is 1.91. The molecule has 1 aromatic rings. The normalized spacial score (nSPS) is 13.1. The Morgan fingerprint density at radius 1 is 1.48 bits per heavy atom. The summed E-state index contributed by atoms with van der Waals surface area (Å²) in [7, 11) is -2.52. The van der Waals surface area contributed by atoms with Crippen molar-refractivity contribution in [2.75, 3.05) is 20.3 Å². The molecule has 0 aliphatic carbocycles. The second kappa shape index (κ2) is 7.46. The van der Waals surface area contributed by atoms with E-state index in [0.717, 1.165) is 0 Å². The van der Waals surface area contributed by atoms with Gasteiger partial charge in [0.05, 0.1) is 16.4 Å². The van der Waals surface area contributed by atoms with Gasteiger partial charge in [-0.1, -0.05) is 6.07 Å². The van der Waals surface area contributed by atoms with Gasteiger partial charge in [0.25, 0.3) is 5.69 Å². The van der Waals surface area contributed by atoms with Crippen LogP contribution in [-0.4, -0.2) is 44.8 Å². The Balaban J connectivity index is 3.13. The summed E-state index contributed by atoms with van der Waals surface area (Å²) < 4.78 is 31.9. The van der Waals surface area contributed by atoms with Crippen LogP contribution in [0.15, 0.2) is 23.1 Å². The number of aliphatic hydroxyl groups is 1. The van der Waals surface area contributed by atoms with Gasteiger partial charge < -0.3 is 9.84 Å². The summed E-state index contributed by atoms with van der Waals surface area (Å²) in [5.74, 6) is 0. The average Bonchev–Trinajstić information content (AvgIpc) is 2.38. The molecule has 9 heteroatoms. The summed E-state index contributed by atoms with van der Waals surface area (Å²) in [6, 6.07) is 3.25. The number of nitrogens with one attached hydrogen (secondary N) is 1. The highest BCUT2D eigenvalue weighted by Crippen LogP contribution is 2.24. The first-order chi connectivity index (χ1) is 9.83. The molecule has 0 radical (unpaired) electrons. The maximum absolute atomic E-state index is 12.3. The van der Waals surface area contributed by atoms with Gasteiger partial charge in [0.2, 0.25) is 10.0 Å². The molecule has 21 heavy (non-hydrogen) atoms. The molecule has 0 saturated carbocycles. The predicted octanol–water partition coefficient (Wildman–Crippen LogP) is 0.579. The molecule has 8 nitrogen and oxygen atoms in total. The number of nitro benzene ring substituents is 1. The van der Waals surface area contributed by atoms with Crippen LogP contribution in [0.25, 0.3) is 0 Å². The molecule has 0 fully saturated rings. The number of hydrogen-bond donors (Lipinski definition) is 2. The number of nitrogens with zero attached hydrogens (tertiary/aromatic N) is 1. The van der Waals surface area contributed by atoms with Gasteiger partial charge in [-0.25, -0.2) is 13.1 Å². The second-order valence-electron chi connectivity index (χ2n) is 4.44. The molecular weight excluding hydrogens is 300 g/mol. The van der Waals surface area contributed by atoms with Crippen LogP contribution in [0.3, 0.4) is 0 Å². The van der Waals surface area contributed by atoms with Crippen LogP contribution >= 0.6 is 0 Å². The molecule has 0 spiro atoms. The van der Waals surface area contributed by atoms with E-state index < -0.39 is 21.0 Å². The SMILES string of the molecule is COCC(CCO)NS(=O)(=O)c1cccc([N+](=O)[O-])c1C. The first-order valence-electron chi connectivity index (χ1n) is 6.19. The number of benzene rings is 1. The highest BCUT2D eigenvalue weighted by atomic mass is 32.2. The maximum Gasteiger partial charge on any atom is 0.273 e. The average molecular weight is 318 g/mol. The van der Waals surface area contributed by atoms with Gasteiger partial charge in [0.1, 0.15) is 0 Å². The molecule has 0 bridgehead atoms. The van der Waals surface area contributed by atoms with Crippen LogP contribution in [0.2, 0.25) is 0 Å². The van der Waals surface area contributed by atoms with E-state index in [9.17, 15) is 18.5 Å². The molecule has 1 unspecified atom stereocenters. The highest BCUT2D eigenvalue weighted by Gasteiger charge is 2.25. The fourth-order valence-corrected chi connectivity index (χ4v) is 3.43. The third-order valence-electron chi connectivity index (χ3n) is 2.91. The lowest BCUT2D eigenvalue weighted by Crippen LogP contribution is -2.38. The number of sulfonamides is 1. The van der Waals surface area contributed by atoms with Gasteiger partial charge in [-0.3, -0.25) is 10.1 Å². The Bertz CT molecular complexity index is 596. The van der Waals surface area contributed by atoms with E-state index in [2.05, 4.69) is 4.72 Å². The van der Waals surface area contributed by atoms with Crippen molar-refractivity contribution in [1.82, 2.24) is 4.72 Å². The first-order valence-corrected chi connectivity index (χ1v) is 7.68. The minimum absolute atomic E-state index is 0.0650. The van der Waals surface area contributed by atoms with Gasteiger partial charge in [0, 0.05) is 31.4 Å². The van der Waals surface area contributed by atoms with E-state index in [-0.39, 0.29) is 35.8 Å². The summed E-state index contributed by atoms with van der Waals surface area (Å²) >= 11 is 0. The van der Waals surface area contributed by atoms with Crippen molar-refractivity contribution >= 4 is 15.7 Å². The molecule has 2 N–H and O–H groups in total. The smallest absolute Gasteiger partial charge is 0.273 e. The number of hydrogen-bond acceptors (Lipinski definition) is 6. The Kier molecular flexibility index (Phi) is 6.21. The first kappa shape index (κ1) is 17.5.